The van der Waals surface area contributed by atoms with E-state index in [0.717, 1.165) is 12.8 Å². The predicted molar refractivity (Wildman–Crippen MR) is 152 cm³/mol. The Morgan fingerprint density at radius 1 is 1.29 bits per heavy atom. The second-order valence-corrected chi connectivity index (χ2v) is 12.3. The van der Waals surface area contributed by atoms with Gasteiger partial charge in [0.2, 0.25) is 0 Å². The molecule has 2 unspecified atom stereocenters. The molecular formula is C27H40N5O8P. The minimum atomic E-state index is -4.21. The number of carbonyl (C=O) groups is 1. The van der Waals surface area contributed by atoms with Gasteiger partial charge in [-0.15, -0.1) is 0 Å². The van der Waals surface area contributed by atoms with Gasteiger partial charge in [-0.05, 0) is 38.3 Å². The van der Waals surface area contributed by atoms with Gasteiger partial charge >= 0.3 is 13.7 Å². The molecule has 0 aromatic heterocycles. The van der Waals surface area contributed by atoms with Gasteiger partial charge in [0.15, 0.2) is 5.84 Å². The summed E-state index contributed by atoms with van der Waals surface area (Å²) in [4.78, 5) is 16.7. The number of amidine groups is 1. The van der Waals surface area contributed by atoms with E-state index in [1.54, 1.807) is 42.3 Å². The van der Waals surface area contributed by atoms with Gasteiger partial charge in [0, 0.05) is 0 Å². The number of nitrogens with one attached hydrogen (secondary N) is 1. The van der Waals surface area contributed by atoms with E-state index in [2.05, 4.69) is 15.2 Å². The number of hydrazone groups is 1. The Balaban J connectivity index is 1.45. The Labute approximate surface area is 240 Å². The molecule has 13 nitrogen and oxygen atoms in total. The van der Waals surface area contributed by atoms with Gasteiger partial charge in [-0.25, -0.2) is 9.56 Å². The van der Waals surface area contributed by atoms with Gasteiger partial charge in [0.1, 0.15) is 42.0 Å². The topological polar surface area (TPSA) is 178 Å². The lowest BCUT2D eigenvalue weighted by molar-refractivity contribution is -0.146. The number of rotatable bonds is 13. The Kier molecular flexibility index (Phi) is 9.89. The van der Waals surface area contributed by atoms with Crippen molar-refractivity contribution in [3.05, 3.63) is 42.1 Å². The van der Waals surface area contributed by atoms with Crippen LogP contribution in [0.4, 0.5) is 0 Å². The van der Waals surface area contributed by atoms with Crippen molar-refractivity contribution in [2.24, 2.45) is 21.7 Å². The second kappa shape index (κ2) is 13.0. The smallest absolute Gasteiger partial charge is 0.459 e. The molecule has 0 aliphatic carbocycles. The molecule has 3 aliphatic heterocycles. The van der Waals surface area contributed by atoms with Crippen LogP contribution in [-0.2, 0) is 23.4 Å². The summed E-state index contributed by atoms with van der Waals surface area (Å²) in [7, 11) is -4.21. The van der Waals surface area contributed by atoms with E-state index in [9.17, 15) is 19.6 Å². The monoisotopic (exact) mass is 593 g/mol. The van der Waals surface area contributed by atoms with E-state index in [4.69, 9.17) is 24.3 Å². The molecule has 0 saturated carbocycles. The SMILES string of the molecule is CCC(CC)COC(=O)[C@H](C)NP(=O)(OC[C@H]1O[C@@](C)(C2CC=C3C(N)=NC=NN32)[C@H](O)[C@@H]1O)Oc1ccccc1. The molecular weight excluding hydrogens is 553 g/mol. The van der Waals surface area contributed by atoms with Crippen molar-refractivity contribution < 1.29 is 38.1 Å². The molecule has 3 heterocycles. The number of esters is 1. The number of aliphatic hydroxyl groups excluding tert-OH is 2. The fourth-order valence-corrected chi connectivity index (χ4v) is 6.58. The lowest BCUT2D eigenvalue weighted by atomic mass is 9.87. The van der Waals surface area contributed by atoms with Crippen LogP contribution < -0.4 is 15.3 Å². The largest absolute Gasteiger partial charge is 0.464 e. The summed E-state index contributed by atoms with van der Waals surface area (Å²) >= 11 is 0. The first-order valence-electron chi connectivity index (χ1n) is 13.8. The molecule has 7 atom stereocenters. The number of carbonyl (C=O) groups excluding carboxylic acids is 1. The zero-order valence-electron chi connectivity index (χ0n) is 23.8. The minimum absolute atomic E-state index is 0.224. The van der Waals surface area contributed by atoms with Crippen LogP contribution >= 0.6 is 7.75 Å². The van der Waals surface area contributed by atoms with Gasteiger partial charge in [0.05, 0.1) is 25.0 Å². The molecule has 0 radical (unpaired) electrons. The lowest BCUT2D eigenvalue weighted by Gasteiger charge is -2.39. The molecule has 226 valence electrons. The maximum atomic E-state index is 13.9. The van der Waals surface area contributed by atoms with E-state index >= 15 is 0 Å². The maximum absolute atomic E-state index is 13.9. The summed E-state index contributed by atoms with van der Waals surface area (Å²) in [5.74, 6) is 0.149. The molecule has 1 saturated heterocycles. The molecule has 0 amide bonds. The number of benzene rings is 1. The molecule has 5 N–H and O–H groups in total. The molecule has 3 aliphatic rings. The summed E-state index contributed by atoms with van der Waals surface area (Å²) < 4.78 is 36.9. The van der Waals surface area contributed by atoms with E-state index in [1.807, 2.05) is 19.9 Å². The average molecular weight is 594 g/mol. The molecule has 1 aromatic carbocycles. The molecule has 4 rings (SSSR count). The van der Waals surface area contributed by atoms with Crippen LogP contribution in [0.1, 0.15) is 47.0 Å². The Hall–Kier alpha value is -2.80. The normalized spacial score (nSPS) is 29.5. The highest BCUT2D eigenvalue weighted by atomic mass is 31.2. The third-order valence-corrected chi connectivity index (χ3v) is 9.41. The van der Waals surface area contributed by atoms with Gasteiger partial charge in [-0.3, -0.25) is 14.3 Å². The first-order valence-corrected chi connectivity index (χ1v) is 15.4. The third-order valence-electron chi connectivity index (χ3n) is 7.77. The van der Waals surface area contributed by atoms with E-state index in [1.165, 1.54) is 13.3 Å². The van der Waals surface area contributed by atoms with Gasteiger partial charge in [-0.2, -0.15) is 10.2 Å². The highest BCUT2D eigenvalue weighted by Crippen LogP contribution is 2.47. The highest BCUT2D eigenvalue weighted by Gasteiger charge is 2.58. The molecule has 1 aromatic rings. The van der Waals surface area contributed by atoms with Crippen LogP contribution in [0.15, 0.2) is 52.2 Å². The number of aliphatic hydroxyl groups is 2. The average Bonchev–Trinajstić information content (AvgIpc) is 3.49. The molecule has 0 bridgehead atoms. The summed E-state index contributed by atoms with van der Waals surface area (Å²) in [6.07, 6.45) is 1.53. The minimum Gasteiger partial charge on any atom is -0.464 e. The third kappa shape index (κ3) is 6.82. The first kappa shape index (κ1) is 31.1. The zero-order chi connectivity index (χ0) is 29.8. The number of aliphatic imine (C=N–C) groups is 1. The molecule has 41 heavy (non-hydrogen) atoms. The van der Waals surface area contributed by atoms with Crippen molar-refractivity contribution in [1.29, 1.82) is 0 Å². The van der Waals surface area contributed by atoms with Crippen molar-refractivity contribution in [2.75, 3.05) is 13.2 Å². The van der Waals surface area contributed by atoms with Crippen molar-refractivity contribution in [2.45, 2.75) is 83.0 Å². The van der Waals surface area contributed by atoms with Crippen LogP contribution in [0.2, 0.25) is 0 Å². The number of nitrogens with zero attached hydrogens (tertiary/aromatic N) is 3. The Morgan fingerprint density at radius 2 is 2.00 bits per heavy atom. The summed E-state index contributed by atoms with van der Waals surface area (Å²) in [6, 6.07) is 6.82. The fraction of sp³-hybridized carbons (Fsp3) is 0.593. The summed E-state index contributed by atoms with van der Waals surface area (Å²) in [5.41, 5.74) is 5.28. The first-order chi connectivity index (χ1) is 19.5. The fourth-order valence-electron chi connectivity index (χ4n) is 5.07. The predicted octanol–water partition coefficient (Wildman–Crippen LogP) is 2.30. The standard InChI is InChI=1S/C27H40N5O8P/c1-5-18(6-2)14-37-26(35)17(3)31-41(36,40-19-10-8-7-9-11-19)38-15-21-23(33)24(34)27(4,39-21)22-13-12-20-25(28)29-16-30-32(20)22/h7-12,16-18,21-24,33-34H,5-6,13-15H2,1-4H3,(H,31,36)(H2,28,29,30)/t17-,21+,22?,23+,24+,27-,41?/m0/s1. The lowest BCUT2D eigenvalue weighted by Crippen LogP contribution is -2.55. The second-order valence-electron chi connectivity index (χ2n) is 10.6. The number of hydrogen-bond donors (Lipinski definition) is 4. The van der Waals surface area contributed by atoms with Gasteiger partial charge < -0.3 is 29.9 Å². The quantitative estimate of drug-likeness (QED) is 0.195. The van der Waals surface area contributed by atoms with Crippen LogP contribution in [-0.4, -0.2) is 82.6 Å². The van der Waals surface area contributed by atoms with Crippen LogP contribution in [0.3, 0.4) is 0 Å². The highest BCUT2D eigenvalue weighted by molar-refractivity contribution is 7.52. The van der Waals surface area contributed by atoms with Crippen molar-refractivity contribution >= 4 is 25.9 Å². The molecule has 1 fully saturated rings. The number of fused-ring (bicyclic) bond motifs is 1. The van der Waals surface area contributed by atoms with Crippen molar-refractivity contribution in [3.63, 3.8) is 0 Å². The summed E-state index contributed by atoms with van der Waals surface area (Å²) in [5, 5.41) is 30.5. The number of nitrogens with two attached hydrogens (primary N) is 1. The maximum Gasteiger partial charge on any atom is 0.459 e. The Morgan fingerprint density at radius 3 is 2.68 bits per heavy atom. The van der Waals surface area contributed by atoms with E-state index in [-0.39, 0.29) is 24.1 Å². The molecule has 0 spiro atoms. The van der Waals surface area contributed by atoms with Crippen molar-refractivity contribution in [3.8, 4) is 5.75 Å². The van der Waals surface area contributed by atoms with E-state index < -0.39 is 56.3 Å². The Bertz CT molecular complexity index is 1210. The molecule has 14 heteroatoms. The number of para-hydroxylation sites is 1. The number of hydrogen-bond acceptors (Lipinski definition) is 12. The van der Waals surface area contributed by atoms with E-state index in [0.29, 0.717) is 12.1 Å². The zero-order valence-corrected chi connectivity index (χ0v) is 24.6. The van der Waals surface area contributed by atoms with Crippen LogP contribution in [0.5, 0.6) is 5.75 Å². The van der Waals surface area contributed by atoms with Gasteiger partial charge in [-0.1, -0.05) is 51.0 Å². The number of ether oxygens (including phenoxy) is 2. The summed E-state index contributed by atoms with van der Waals surface area (Å²) in [6.45, 7) is 7.03. The van der Waals surface area contributed by atoms with Crippen LogP contribution in [0, 0.1) is 5.92 Å². The van der Waals surface area contributed by atoms with Crippen LogP contribution in [0.25, 0.3) is 0 Å². The van der Waals surface area contributed by atoms with Gasteiger partial charge in [0.25, 0.3) is 0 Å². The van der Waals surface area contributed by atoms with Crippen molar-refractivity contribution in [1.82, 2.24) is 10.1 Å².